The number of carbonyl (C=O) groups excluding carboxylic acids is 9. The van der Waals surface area contributed by atoms with Gasteiger partial charge in [0.25, 0.3) is 5.91 Å². The number of ether oxygens (including phenoxy) is 4. The van der Waals surface area contributed by atoms with Crippen LogP contribution in [0.3, 0.4) is 0 Å². The largest absolute Gasteiger partial charge is 0.508 e. The molecule has 2 aliphatic heterocycles. The zero-order valence-electron chi connectivity index (χ0n) is 54.7. The number of hydrogen-bond acceptors (Lipinski definition) is 16. The summed E-state index contributed by atoms with van der Waals surface area (Å²) >= 11 is 0. The Morgan fingerprint density at radius 1 is 0.548 bits per heavy atom. The Hall–Kier alpha value is -9.79. The molecular formula is C72H85N7O14. The Kier molecular flexibility index (Phi) is 23.6. The predicted octanol–water partition coefficient (Wildman–Crippen LogP) is 8.96. The third-order valence-electron chi connectivity index (χ3n) is 14.6. The fourth-order valence-electron chi connectivity index (χ4n) is 10.3. The fourth-order valence-corrected chi connectivity index (χ4v) is 10.3. The van der Waals surface area contributed by atoms with Gasteiger partial charge in [0.15, 0.2) is 17.2 Å². The maximum absolute atomic E-state index is 15.2. The maximum Gasteiger partial charge on any atom is 0.408 e. The number of alkyl carbamates (subject to hydrolysis) is 1. The molecule has 0 bridgehead atoms. The lowest BCUT2D eigenvalue weighted by Gasteiger charge is -2.28. The van der Waals surface area contributed by atoms with E-state index in [-0.39, 0.29) is 43.9 Å². The average molecular weight is 1270 g/mol. The standard InChI is InChI=1S/C72H85N7O14/c1-45(2)62(77-64(85)53(35-36-59(82)91-69(3,4)5)74-65(86)56(40-61(84)93-71(9,10)11)76-68(89)90-44-50-25-19-14-20-26-50)66(87)75-54(39-60(83)92-70(6,7)8)58(81)38-47-27-29-49(30-28-47)42-72(41-48-23-17-13-18-24-48)67(88)79-43-57(51-31-33-52(80)34-32-51)73-55(63(79)78-72)37-46-21-15-12-16-22-46/h12-34,43,45,53-54,56,62,80H,35-42,44H2,1-11H3,(H,74,86)(H,75,87)(H,76,89)(H,77,85)/t53-,54+,56-,62+,72?/m0/s1. The summed E-state index contributed by atoms with van der Waals surface area (Å²) < 4.78 is 21.9. The molecule has 0 aromatic heterocycles. The van der Waals surface area contributed by atoms with Crippen molar-refractivity contribution in [2.45, 2.75) is 181 Å². The van der Waals surface area contributed by atoms with Crippen molar-refractivity contribution < 1.29 is 67.2 Å². The lowest BCUT2D eigenvalue weighted by molar-refractivity contribution is -0.157. The number of aromatic hydroxyl groups is 1. The topological polar surface area (TPSA) is 287 Å². The Labute approximate surface area is 543 Å². The van der Waals surface area contributed by atoms with Crippen LogP contribution < -0.4 is 21.3 Å². The third kappa shape index (κ3) is 21.7. The summed E-state index contributed by atoms with van der Waals surface area (Å²) in [7, 11) is 0. The van der Waals surface area contributed by atoms with Gasteiger partial charge in [0, 0.05) is 43.9 Å². The maximum atomic E-state index is 15.2. The highest BCUT2D eigenvalue weighted by Gasteiger charge is 2.50. The van der Waals surface area contributed by atoms with Crippen molar-refractivity contribution in [3.8, 4) is 5.75 Å². The number of phenolic OH excluding ortho intramolecular Hbond substituents is 1. The molecule has 5 N–H and O–H groups in total. The molecule has 21 nitrogen and oxygen atoms in total. The van der Waals surface area contributed by atoms with Gasteiger partial charge in [-0.15, -0.1) is 0 Å². The molecule has 2 aliphatic rings. The summed E-state index contributed by atoms with van der Waals surface area (Å²) in [5.74, 6) is -6.29. The van der Waals surface area contributed by atoms with E-state index in [4.69, 9.17) is 28.9 Å². The van der Waals surface area contributed by atoms with Crippen LogP contribution >= 0.6 is 0 Å². The molecule has 5 aromatic carbocycles. The number of Topliss-reactive ketones (excluding diaryl/α,β-unsaturated/α-hetero) is 1. The minimum Gasteiger partial charge on any atom is -0.508 e. The van der Waals surface area contributed by atoms with Gasteiger partial charge in [0.05, 0.1) is 30.3 Å². The number of aliphatic imine (C=N–C) groups is 2. The van der Waals surface area contributed by atoms with Crippen LogP contribution in [-0.4, -0.2) is 121 Å². The number of carbonyl (C=O) groups is 9. The Morgan fingerprint density at radius 2 is 1.03 bits per heavy atom. The predicted molar refractivity (Wildman–Crippen MR) is 350 cm³/mol. The van der Waals surface area contributed by atoms with Crippen LogP contribution in [-0.2, 0) is 89.6 Å². The number of benzene rings is 5. The van der Waals surface area contributed by atoms with Crippen molar-refractivity contribution in [2.75, 3.05) is 0 Å². The van der Waals surface area contributed by atoms with Gasteiger partial charge in [0.1, 0.15) is 47.3 Å². The average Bonchev–Trinajstić information content (AvgIpc) is 1.59. The Balaban J connectivity index is 1.12. The van der Waals surface area contributed by atoms with Crippen molar-refractivity contribution in [1.82, 2.24) is 26.2 Å². The van der Waals surface area contributed by atoms with E-state index < -0.39 is 119 Å². The van der Waals surface area contributed by atoms with Crippen LogP contribution in [0.25, 0.3) is 5.70 Å². The van der Waals surface area contributed by atoms with Gasteiger partial charge in [-0.1, -0.05) is 129 Å². The van der Waals surface area contributed by atoms with E-state index in [1.165, 1.54) is 0 Å². The van der Waals surface area contributed by atoms with Gasteiger partial charge in [-0.3, -0.25) is 43.3 Å². The van der Waals surface area contributed by atoms with E-state index in [0.717, 1.165) is 16.7 Å². The molecule has 5 aromatic rings. The normalized spacial score (nSPS) is 16.0. The molecule has 0 radical (unpaired) electrons. The number of ketones is 1. The monoisotopic (exact) mass is 1270 g/mol. The van der Waals surface area contributed by atoms with Crippen LogP contribution in [0, 0.1) is 5.92 Å². The molecule has 492 valence electrons. The van der Waals surface area contributed by atoms with E-state index in [0.29, 0.717) is 40.4 Å². The zero-order valence-corrected chi connectivity index (χ0v) is 54.7. The smallest absolute Gasteiger partial charge is 0.408 e. The lowest BCUT2D eigenvalue weighted by Crippen LogP contribution is -2.59. The minimum atomic E-state index is -1.66. The number of phenols is 1. The number of esters is 3. The highest BCUT2D eigenvalue weighted by Crippen LogP contribution is 2.36. The first-order valence-corrected chi connectivity index (χ1v) is 31.1. The highest BCUT2D eigenvalue weighted by atomic mass is 16.6. The van der Waals surface area contributed by atoms with Gasteiger partial charge in [0.2, 0.25) is 17.7 Å². The molecule has 93 heavy (non-hydrogen) atoms. The zero-order chi connectivity index (χ0) is 67.8. The van der Waals surface area contributed by atoms with Crippen molar-refractivity contribution in [2.24, 2.45) is 15.9 Å². The summed E-state index contributed by atoms with van der Waals surface area (Å²) in [4.78, 5) is 138. The molecule has 0 saturated carbocycles. The summed E-state index contributed by atoms with van der Waals surface area (Å²) in [5.41, 5.74) is 1.27. The SMILES string of the molecule is CC(C)[C@@H](NC(=O)[C@H](CCC(=O)OC(C)(C)C)NC(=O)[C@H](CC(=O)OC(C)(C)C)NC(=O)OCc1ccccc1)C(=O)N[C@H](CC(=O)OC(C)(C)C)C(=O)Cc1ccc(CC2(Cc3ccccc3)N=C3C(Cc4ccccc4)=NC(c4ccc(O)cc4)=CN3C2=O)cc1. The van der Waals surface area contributed by atoms with E-state index in [1.54, 1.807) is 166 Å². The van der Waals surface area contributed by atoms with Crippen molar-refractivity contribution in [1.29, 1.82) is 0 Å². The summed E-state index contributed by atoms with van der Waals surface area (Å²) in [6, 6.07) is 35.5. The second kappa shape index (κ2) is 31.0. The third-order valence-corrected chi connectivity index (χ3v) is 14.6. The summed E-state index contributed by atoms with van der Waals surface area (Å²) in [5, 5.41) is 20.4. The number of fused-ring (bicyclic) bond motifs is 1. The first-order valence-electron chi connectivity index (χ1n) is 31.1. The Bertz CT molecular complexity index is 3590. The van der Waals surface area contributed by atoms with Crippen LogP contribution in [0.15, 0.2) is 156 Å². The van der Waals surface area contributed by atoms with E-state index >= 15 is 4.79 Å². The number of amidine groups is 1. The number of nitrogens with zero attached hydrogens (tertiary/aromatic N) is 3. The molecule has 0 saturated heterocycles. The molecule has 0 spiro atoms. The van der Waals surface area contributed by atoms with Crippen LogP contribution in [0.2, 0.25) is 0 Å². The van der Waals surface area contributed by atoms with Crippen LogP contribution in [0.1, 0.15) is 135 Å². The molecule has 7 rings (SSSR count). The number of rotatable bonds is 27. The van der Waals surface area contributed by atoms with Crippen molar-refractivity contribution in [3.05, 3.63) is 179 Å². The molecule has 0 aliphatic carbocycles. The van der Waals surface area contributed by atoms with Gasteiger partial charge in [-0.05, 0) is 127 Å². The lowest BCUT2D eigenvalue weighted by atomic mass is 9.84. The van der Waals surface area contributed by atoms with E-state index in [9.17, 15) is 43.5 Å². The summed E-state index contributed by atoms with van der Waals surface area (Å²) in [6.45, 7) is 17.8. The Morgan fingerprint density at radius 3 is 1.58 bits per heavy atom. The quantitative estimate of drug-likeness (QED) is 0.0242. The van der Waals surface area contributed by atoms with E-state index in [2.05, 4.69) is 21.3 Å². The number of hydrogen-bond donors (Lipinski definition) is 5. The summed E-state index contributed by atoms with van der Waals surface area (Å²) in [6.07, 6.45) is -0.975. The second-order valence-corrected chi connectivity index (χ2v) is 26.5. The highest BCUT2D eigenvalue weighted by molar-refractivity contribution is 6.47. The van der Waals surface area contributed by atoms with Gasteiger partial charge in [-0.2, -0.15) is 0 Å². The van der Waals surface area contributed by atoms with Crippen molar-refractivity contribution >= 4 is 70.7 Å². The van der Waals surface area contributed by atoms with Crippen molar-refractivity contribution in [3.63, 3.8) is 0 Å². The van der Waals surface area contributed by atoms with Gasteiger partial charge < -0.3 is 45.3 Å². The number of amides is 5. The van der Waals surface area contributed by atoms with Crippen LogP contribution in [0.5, 0.6) is 5.75 Å². The first-order chi connectivity index (χ1) is 43.8. The van der Waals surface area contributed by atoms with Gasteiger partial charge >= 0.3 is 24.0 Å². The molecule has 21 heteroatoms. The van der Waals surface area contributed by atoms with Crippen LogP contribution in [0.4, 0.5) is 4.79 Å². The molecule has 0 fully saturated rings. The van der Waals surface area contributed by atoms with Gasteiger partial charge in [-0.25, -0.2) is 14.8 Å². The number of nitrogens with one attached hydrogen (secondary N) is 4. The second-order valence-electron chi connectivity index (χ2n) is 26.5. The molecule has 2 heterocycles. The van der Waals surface area contributed by atoms with E-state index in [1.807, 2.05) is 60.7 Å². The molecule has 5 atom stereocenters. The molecule has 1 unspecified atom stereocenters. The molecular weight excluding hydrogens is 1190 g/mol. The minimum absolute atomic E-state index is 0.0841. The fraction of sp³-hybridized carbons (Fsp3) is 0.403. The first kappa shape index (κ1) is 70.7. The molecule has 5 amide bonds.